The highest BCUT2D eigenvalue weighted by atomic mass is 79.9. The maximum absolute atomic E-state index is 10.2. The zero-order valence-electron chi connectivity index (χ0n) is 15.6. The summed E-state index contributed by atoms with van der Waals surface area (Å²) in [6.45, 7) is 0. The highest BCUT2D eigenvalue weighted by Crippen LogP contribution is 2.76. The van der Waals surface area contributed by atoms with Crippen molar-refractivity contribution in [2.75, 3.05) is 0 Å². The van der Waals surface area contributed by atoms with Crippen LogP contribution in [0, 0.1) is 67.5 Å². The number of nitrogens with one attached hydrogen (secondary N) is 1. The van der Waals surface area contributed by atoms with Gasteiger partial charge >= 0.3 is 0 Å². The van der Waals surface area contributed by atoms with Gasteiger partial charge in [0.2, 0.25) is 0 Å². The second-order valence-corrected chi connectivity index (χ2v) is 8.31. The first-order valence-electron chi connectivity index (χ1n) is 9.35. The molecule has 3 rings (SSSR count). The van der Waals surface area contributed by atoms with E-state index in [0.717, 1.165) is 36.6 Å². The number of halogens is 1. The van der Waals surface area contributed by atoms with Gasteiger partial charge in [-0.15, -0.1) is 0 Å². The zero-order valence-corrected chi connectivity index (χ0v) is 17.2. The summed E-state index contributed by atoms with van der Waals surface area (Å²) in [5.41, 5.74) is -2.77. The Bertz CT molecular complexity index is 1030. The van der Waals surface area contributed by atoms with Crippen LogP contribution in [0.25, 0.3) is 0 Å². The maximum Gasteiger partial charge on any atom is 0.177 e. The minimum atomic E-state index is -1.68. The van der Waals surface area contributed by atoms with E-state index in [4.69, 9.17) is 0 Å². The van der Waals surface area contributed by atoms with Gasteiger partial charge in [0.25, 0.3) is 0 Å². The fourth-order valence-electron chi connectivity index (χ4n) is 4.51. The first-order valence-corrected chi connectivity index (χ1v) is 10.1. The molecule has 0 aliphatic heterocycles. The van der Waals surface area contributed by atoms with Crippen molar-refractivity contribution < 1.29 is 0 Å². The number of allylic oxidation sites excluding steroid dienone is 2. The number of nitriles is 5. The van der Waals surface area contributed by atoms with Crippen LogP contribution in [0.5, 0.6) is 0 Å². The summed E-state index contributed by atoms with van der Waals surface area (Å²) in [6.07, 6.45) is 4.84. The zero-order chi connectivity index (χ0) is 21.1. The van der Waals surface area contributed by atoms with Crippen molar-refractivity contribution in [2.45, 2.75) is 44.1 Å². The van der Waals surface area contributed by atoms with Crippen molar-refractivity contribution in [2.24, 2.45) is 10.8 Å². The lowest BCUT2D eigenvalue weighted by atomic mass is 9.87. The van der Waals surface area contributed by atoms with Crippen LogP contribution in [0.2, 0.25) is 0 Å². The molecule has 142 valence electrons. The summed E-state index contributed by atoms with van der Waals surface area (Å²) in [5.74, 6) is -0.768. The van der Waals surface area contributed by atoms with Gasteiger partial charge in [-0.1, -0.05) is 47.3 Å². The van der Waals surface area contributed by atoms with Gasteiger partial charge in [-0.05, 0) is 30.5 Å². The third-order valence-corrected chi connectivity index (χ3v) is 6.43. The Morgan fingerprint density at radius 2 is 1.62 bits per heavy atom. The largest absolute Gasteiger partial charge is 0.383 e. The molecule has 0 heterocycles. The Kier molecular flexibility index (Phi) is 5.62. The Morgan fingerprint density at radius 1 is 0.966 bits per heavy atom. The second-order valence-electron chi connectivity index (χ2n) is 7.39. The predicted molar refractivity (Wildman–Crippen MR) is 107 cm³/mol. The van der Waals surface area contributed by atoms with Crippen molar-refractivity contribution in [3.63, 3.8) is 0 Å². The third kappa shape index (κ3) is 3.04. The molecule has 1 aromatic rings. The lowest BCUT2D eigenvalue weighted by Gasteiger charge is -2.28. The van der Waals surface area contributed by atoms with Crippen molar-refractivity contribution in [1.82, 2.24) is 5.32 Å². The monoisotopic (exact) mass is 444 g/mol. The standard InChI is InChI=1S/C22H17BrN6/c23-17-6-4-5-15(9-17)19-21(12-26,13-27)22(19,14-28)20(16(10-24)11-25)29-18-7-2-1-3-8-18/h4-6,9,18-19,29H,1-3,7-8H2/t19-,22-/m1/s1. The van der Waals surface area contributed by atoms with Gasteiger partial charge in [-0.2, -0.15) is 26.3 Å². The molecule has 2 aliphatic carbocycles. The minimum Gasteiger partial charge on any atom is -0.383 e. The van der Waals surface area contributed by atoms with Gasteiger partial charge in [0, 0.05) is 16.4 Å². The Hall–Kier alpha value is -3.31. The molecule has 2 saturated carbocycles. The molecule has 0 radical (unpaired) electrons. The molecule has 1 aromatic carbocycles. The van der Waals surface area contributed by atoms with E-state index < -0.39 is 16.7 Å². The fraction of sp³-hybridized carbons (Fsp3) is 0.409. The minimum absolute atomic E-state index is 0.000444. The normalized spacial score (nSPS) is 24.5. The SMILES string of the molecule is N#CC(C#N)=C(NC1CCCCC1)[C@@]1(C#N)[C@H](c2cccc(Br)c2)C1(C#N)C#N. The second kappa shape index (κ2) is 7.97. The highest BCUT2D eigenvalue weighted by Gasteiger charge is 2.83. The van der Waals surface area contributed by atoms with Crippen LogP contribution in [-0.2, 0) is 0 Å². The van der Waals surface area contributed by atoms with Crippen molar-refractivity contribution in [3.8, 4) is 30.3 Å². The van der Waals surface area contributed by atoms with E-state index in [1.807, 2.05) is 30.3 Å². The summed E-state index contributed by atoms with van der Waals surface area (Å²) in [6, 6.07) is 17.1. The van der Waals surface area contributed by atoms with Gasteiger partial charge in [0.1, 0.15) is 23.1 Å². The molecule has 0 amide bonds. The smallest absolute Gasteiger partial charge is 0.177 e. The molecule has 29 heavy (non-hydrogen) atoms. The average molecular weight is 445 g/mol. The fourth-order valence-corrected chi connectivity index (χ4v) is 4.93. The van der Waals surface area contributed by atoms with Crippen LogP contribution in [0.4, 0.5) is 0 Å². The van der Waals surface area contributed by atoms with E-state index in [1.54, 1.807) is 18.2 Å². The number of rotatable bonds is 4. The van der Waals surface area contributed by atoms with Crippen LogP contribution >= 0.6 is 15.9 Å². The van der Waals surface area contributed by atoms with Crippen LogP contribution in [0.1, 0.15) is 43.6 Å². The van der Waals surface area contributed by atoms with E-state index in [1.165, 1.54) is 0 Å². The highest BCUT2D eigenvalue weighted by molar-refractivity contribution is 9.10. The number of hydrogen-bond acceptors (Lipinski definition) is 6. The molecule has 0 aromatic heterocycles. The average Bonchev–Trinajstić information content (AvgIpc) is 3.38. The van der Waals surface area contributed by atoms with E-state index in [-0.39, 0.29) is 17.3 Å². The van der Waals surface area contributed by atoms with E-state index in [9.17, 15) is 26.3 Å². The first kappa shape index (κ1) is 20.4. The molecule has 0 bridgehead atoms. The number of hydrogen-bond donors (Lipinski definition) is 1. The van der Waals surface area contributed by atoms with E-state index >= 15 is 0 Å². The molecule has 7 heteroatoms. The third-order valence-electron chi connectivity index (χ3n) is 5.94. The van der Waals surface area contributed by atoms with Crippen LogP contribution < -0.4 is 5.32 Å². The molecule has 2 atom stereocenters. The quantitative estimate of drug-likeness (QED) is 0.687. The Morgan fingerprint density at radius 3 is 2.14 bits per heavy atom. The van der Waals surface area contributed by atoms with Gasteiger partial charge < -0.3 is 5.32 Å². The molecule has 6 nitrogen and oxygen atoms in total. The van der Waals surface area contributed by atoms with E-state index in [2.05, 4.69) is 27.3 Å². The molecule has 2 aliphatic rings. The van der Waals surface area contributed by atoms with Crippen LogP contribution in [0.15, 0.2) is 40.0 Å². The van der Waals surface area contributed by atoms with Gasteiger partial charge in [-0.25, -0.2) is 0 Å². The summed E-state index contributed by atoms with van der Waals surface area (Å²) in [4.78, 5) is 0. The van der Waals surface area contributed by atoms with Crippen molar-refractivity contribution in [1.29, 1.82) is 26.3 Å². The molecule has 1 N–H and O–H groups in total. The van der Waals surface area contributed by atoms with Gasteiger partial charge in [0.15, 0.2) is 5.41 Å². The molecule has 2 fully saturated rings. The topological polar surface area (TPSA) is 131 Å². The van der Waals surface area contributed by atoms with Crippen LogP contribution in [0.3, 0.4) is 0 Å². The lowest BCUT2D eigenvalue weighted by Crippen LogP contribution is -2.36. The molecular weight excluding hydrogens is 428 g/mol. The Labute approximate surface area is 178 Å². The van der Waals surface area contributed by atoms with Crippen LogP contribution in [-0.4, -0.2) is 6.04 Å². The maximum atomic E-state index is 10.2. The van der Waals surface area contributed by atoms with Crippen molar-refractivity contribution in [3.05, 3.63) is 45.6 Å². The lowest BCUT2D eigenvalue weighted by molar-refractivity contribution is 0.380. The summed E-state index contributed by atoms with van der Waals surface area (Å²) in [5, 5.41) is 52.5. The Balaban J connectivity index is 2.20. The first-order chi connectivity index (χ1) is 14.0. The number of benzene rings is 1. The van der Waals surface area contributed by atoms with Gasteiger partial charge in [-0.3, -0.25) is 0 Å². The molecule has 0 unspecified atom stereocenters. The number of nitrogens with zero attached hydrogens (tertiary/aromatic N) is 5. The summed E-state index contributed by atoms with van der Waals surface area (Å²) >= 11 is 3.39. The molecular formula is C22H17BrN6. The summed E-state index contributed by atoms with van der Waals surface area (Å²) < 4.78 is 0.755. The molecule has 0 saturated heterocycles. The van der Waals surface area contributed by atoms with E-state index in [0.29, 0.717) is 5.56 Å². The summed E-state index contributed by atoms with van der Waals surface area (Å²) in [7, 11) is 0. The molecule has 0 spiro atoms. The van der Waals surface area contributed by atoms with Crippen molar-refractivity contribution >= 4 is 15.9 Å². The predicted octanol–water partition coefficient (Wildman–Crippen LogP) is 4.31. The van der Waals surface area contributed by atoms with Gasteiger partial charge in [0.05, 0.1) is 23.9 Å².